The predicted octanol–water partition coefficient (Wildman–Crippen LogP) is 2.92. The summed E-state index contributed by atoms with van der Waals surface area (Å²) in [5, 5.41) is 4.62. The van der Waals surface area contributed by atoms with Gasteiger partial charge in [-0.15, -0.1) is 0 Å². The Balaban J connectivity index is 1.51. The molecule has 0 radical (unpaired) electrons. The van der Waals surface area contributed by atoms with Gasteiger partial charge in [0.15, 0.2) is 0 Å². The van der Waals surface area contributed by atoms with Crippen molar-refractivity contribution in [3.8, 4) is 22.8 Å². The maximum Gasteiger partial charge on any atom is 0.302 e. The van der Waals surface area contributed by atoms with Crippen LogP contribution in [0.1, 0.15) is 29.7 Å². The Morgan fingerprint density at radius 1 is 1.08 bits per heavy atom. The number of aromatic nitrogens is 2. The van der Waals surface area contributed by atoms with Crippen LogP contribution in [0.2, 0.25) is 0 Å². The molecule has 2 heterocycles. The number of carbonyl (C=O) groups is 3. The van der Waals surface area contributed by atoms with Crippen LogP contribution in [-0.4, -0.2) is 52.2 Å². The first-order valence-corrected chi connectivity index (χ1v) is 11.4. The molecule has 1 aliphatic heterocycles. The average Bonchev–Trinajstić information content (AvgIpc) is 3.47. The molecule has 0 unspecified atom stereocenters. The number of nitrogens with zero attached hydrogens (tertiary/aromatic N) is 3. The van der Waals surface area contributed by atoms with Crippen molar-refractivity contribution in [3.05, 3.63) is 72.3 Å². The Morgan fingerprint density at radius 3 is 2.44 bits per heavy atom. The Hall–Kier alpha value is -4.60. The number of amides is 2. The third kappa shape index (κ3) is 5.54. The van der Waals surface area contributed by atoms with Crippen LogP contribution in [0.25, 0.3) is 11.3 Å². The van der Waals surface area contributed by atoms with Crippen LogP contribution in [0.15, 0.2) is 66.7 Å². The molecule has 186 valence electrons. The van der Waals surface area contributed by atoms with Crippen LogP contribution < -0.4 is 16.2 Å². The van der Waals surface area contributed by atoms with Gasteiger partial charge in [-0.3, -0.25) is 14.4 Å². The molecule has 1 aromatic heterocycles. The lowest BCUT2D eigenvalue weighted by molar-refractivity contribution is -0.139. The number of primary amides is 1. The number of rotatable bonds is 8. The minimum atomic E-state index is -0.683. The average molecular weight is 490 g/mol. The summed E-state index contributed by atoms with van der Waals surface area (Å²) in [5.74, 6) is 0.189. The number of hydrogen-bond acceptors (Lipinski definition) is 7. The van der Waals surface area contributed by atoms with Crippen molar-refractivity contribution in [2.75, 3.05) is 25.4 Å². The van der Waals surface area contributed by atoms with E-state index < -0.39 is 11.9 Å². The smallest absolute Gasteiger partial charge is 0.302 e. The Morgan fingerprint density at radius 2 is 1.78 bits per heavy atom. The first-order valence-electron chi connectivity index (χ1n) is 11.4. The van der Waals surface area contributed by atoms with E-state index in [1.807, 2.05) is 30.3 Å². The molecule has 0 saturated carbocycles. The second-order valence-corrected chi connectivity index (χ2v) is 8.29. The van der Waals surface area contributed by atoms with Crippen LogP contribution in [-0.2, 0) is 14.3 Å². The fourth-order valence-electron chi connectivity index (χ4n) is 4.04. The molecule has 0 bridgehead atoms. The Bertz CT molecular complexity index is 1280. The van der Waals surface area contributed by atoms with E-state index in [0.29, 0.717) is 42.3 Å². The molecule has 0 spiro atoms. The standard InChI is InChI=1S/C26H27N5O5/c1-17(32)35-15-5-8-22(33)30-14-13-19(16-30)31-25(27)23(26(28)34)24(29-31)18-9-11-21(12-10-18)36-20-6-3-2-4-7-20/h2-12,19H,13-16,27H2,1H3,(H2,28,34)/t19-/m1/s1. The van der Waals surface area contributed by atoms with Gasteiger partial charge in [-0.25, -0.2) is 4.68 Å². The first kappa shape index (κ1) is 24.5. The van der Waals surface area contributed by atoms with E-state index in [0.717, 1.165) is 0 Å². The van der Waals surface area contributed by atoms with Crippen molar-refractivity contribution in [3.63, 3.8) is 0 Å². The highest BCUT2D eigenvalue weighted by atomic mass is 16.5. The number of esters is 1. The van der Waals surface area contributed by atoms with Crippen molar-refractivity contribution in [1.29, 1.82) is 0 Å². The lowest BCUT2D eigenvalue weighted by Gasteiger charge is -2.15. The fraction of sp³-hybridized carbons (Fsp3) is 0.231. The number of anilines is 1. The second kappa shape index (κ2) is 10.8. The van der Waals surface area contributed by atoms with E-state index in [1.54, 1.807) is 33.8 Å². The molecule has 4 rings (SSSR count). The van der Waals surface area contributed by atoms with Crippen LogP contribution >= 0.6 is 0 Å². The van der Waals surface area contributed by atoms with Crippen molar-refractivity contribution in [1.82, 2.24) is 14.7 Å². The summed E-state index contributed by atoms with van der Waals surface area (Å²) >= 11 is 0. The number of para-hydroxylation sites is 1. The maximum atomic E-state index is 12.5. The molecule has 2 amide bonds. The monoisotopic (exact) mass is 489 g/mol. The van der Waals surface area contributed by atoms with E-state index in [1.165, 1.54) is 19.1 Å². The summed E-state index contributed by atoms with van der Waals surface area (Å²) in [5.41, 5.74) is 13.1. The van der Waals surface area contributed by atoms with Gasteiger partial charge in [0.05, 0.1) is 6.04 Å². The van der Waals surface area contributed by atoms with Gasteiger partial charge in [0.25, 0.3) is 5.91 Å². The molecule has 1 fully saturated rings. The van der Waals surface area contributed by atoms with Gasteiger partial charge < -0.3 is 25.8 Å². The normalized spacial score (nSPS) is 15.2. The quantitative estimate of drug-likeness (QED) is 0.366. The van der Waals surface area contributed by atoms with Gasteiger partial charge in [0, 0.05) is 31.7 Å². The number of nitrogen functional groups attached to an aromatic ring is 1. The van der Waals surface area contributed by atoms with E-state index in [9.17, 15) is 14.4 Å². The minimum Gasteiger partial charge on any atom is -0.462 e. The molecule has 10 heteroatoms. The summed E-state index contributed by atoms with van der Waals surface area (Å²) in [6.07, 6.45) is 3.47. The van der Waals surface area contributed by atoms with Gasteiger partial charge in [0.1, 0.15) is 35.2 Å². The van der Waals surface area contributed by atoms with Gasteiger partial charge in [-0.1, -0.05) is 18.2 Å². The van der Waals surface area contributed by atoms with Crippen molar-refractivity contribution in [2.45, 2.75) is 19.4 Å². The summed E-state index contributed by atoms with van der Waals surface area (Å²) in [6, 6.07) is 16.3. The number of hydrogen-bond donors (Lipinski definition) is 2. The van der Waals surface area contributed by atoms with Crippen LogP contribution in [0.3, 0.4) is 0 Å². The van der Waals surface area contributed by atoms with Crippen molar-refractivity contribution >= 4 is 23.6 Å². The zero-order valence-corrected chi connectivity index (χ0v) is 19.8. The number of benzene rings is 2. The highest BCUT2D eigenvalue weighted by Crippen LogP contribution is 2.33. The third-order valence-corrected chi connectivity index (χ3v) is 5.76. The summed E-state index contributed by atoms with van der Waals surface area (Å²) in [4.78, 5) is 37.2. The van der Waals surface area contributed by atoms with Crippen LogP contribution in [0, 0.1) is 0 Å². The second-order valence-electron chi connectivity index (χ2n) is 8.29. The largest absolute Gasteiger partial charge is 0.462 e. The molecular formula is C26H27N5O5. The lowest BCUT2D eigenvalue weighted by Crippen LogP contribution is -2.28. The van der Waals surface area contributed by atoms with Crippen LogP contribution in [0.5, 0.6) is 11.5 Å². The van der Waals surface area contributed by atoms with E-state index in [4.69, 9.17) is 20.9 Å². The molecule has 1 atom stereocenters. The number of likely N-dealkylation sites (tertiary alicyclic amines) is 1. The fourth-order valence-corrected chi connectivity index (χ4v) is 4.04. The van der Waals surface area contributed by atoms with Crippen molar-refractivity contribution < 1.29 is 23.9 Å². The molecule has 10 nitrogen and oxygen atoms in total. The zero-order valence-electron chi connectivity index (χ0n) is 19.8. The number of nitrogens with two attached hydrogens (primary N) is 2. The topological polar surface area (TPSA) is 143 Å². The molecule has 1 aliphatic rings. The van der Waals surface area contributed by atoms with Gasteiger partial charge in [0.2, 0.25) is 5.91 Å². The van der Waals surface area contributed by atoms with Crippen molar-refractivity contribution in [2.24, 2.45) is 5.73 Å². The van der Waals surface area contributed by atoms with Gasteiger partial charge in [-0.05, 0) is 48.9 Å². The summed E-state index contributed by atoms with van der Waals surface area (Å²) in [7, 11) is 0. The highest BCUT2D eigenvalue weighted by Gasteiger charge is 2.31. The predicted molar refractivity (Wildman–Crippen MR) is 133 cm³/mol. The minimum absolute atomic E-state index is 0.0327. The highest BCUT2D eigenvalue weighted by molar-refractivity contribution is 6.03. The van der Waals surface area contributed by atoms with E-state index in [2.05, 4.69) is 5.10 Å². The van der Waals surface area contributed by atoms with Gasteiger partial charge >= 0.3 is 5.97 Å². The molecule has 2 aromatic carbocycles. The zero-order chi connectivity index (χ0) is 25.7. The third-order valence-electron chi connectivity index (χ3n) is 5.76. The maximum absolute atomic E-state index is 12.5. The first-order chi connectivity index (χ1) is 17.3. The molecule has 1 saturated heterocycles. The molecular weight excluding hydrogens is 462 g/mol. The summed E-state index contributed by atoms with van der Waals surface area (Å²) < 4.78 is 12.2. The van der Waals surface area contributed by atoms with Gasteiger partial charge in [-0.2, -0.15) is 5.10 Å². The SMILES string of the molecule is CC(=O)OCC=CC(=O)N1CC[C@@H](n2nc(-c3ccc(Oc4ccccc4)cc3)c(C(N)=O)c2N)C1. The molecule has 4 N–H and O–H groups in total. The number of carbonyl (C=O) groups excluding carboxylic acids is 3. The molecule has 3 aromatic rings. The Kier molecular flexibility index (Phi) is 7.33. The molecule has 0 aliphatic carbocycles. The Labute approximate surface area is 208 Å². The number of ether oxygens (including phenoxy) is 2. The summed E-state index contributed by atoms with van der Waals surface area (Å²) in [6.45, 7) is 2.19. The van der Waals surface area contributed by atoms with E-state index >= 15 is 0 Å². The molecule has 36 heavy (non-hydrogen) atoms. The van der Waals surface area contributed by atoms with E-state index in [-0.39, 0.29) is 29.9 Å². The van der Waals surface area contributed by atoms with Crippen LogP contribution in [0.4, 0.5) is 5.82 Å². The lowest BCUT2D eigenvalue weighted by atomic mass is 10.1.